The second-order valence-electron chi connectivity index (χ2n) is 7.00. The summed E-state index contributed by atoms with van der Waals surface area (Å²) in [6.45, 7) is 2.08. The van der Waals surface area contributed by atoms with Crippen LogP contribution in [0.4, 0.5) is 11.5 Å². The van der Waals surface area contributed by atoms with Crippen LogP contribution >= 0.6 is 23.2 Å². The predicted molar refractivity (Wildman–Crippen MR) is 112 cm³/mol. The number of nitrogens with one attached hydrogen (secondary N) is 1. The minimum Gasteiger partial charge on any atom is -0.497 e. The second-order valence-corrected chi connectivity index (χ2v) is 7.87. The van der Waals surface area contributed by atoms with Gasteiger partial charge in [-0.15, -0.1) is 5.10 Å². The van der Waals surface area contributed by atoms with Crippen molar-refractivity contribution in [2.75, 3.05) is 12.4 Å². The third-order valence-corrected chi connectivity index (χ3v) is 5.21. The third kappa shape index (κ3) is 3.60. The molecule has 1 heterocycles. The molecule has 1 N–H and O–H groups in total. The van der Waals surface area contributed by atoms with Gasteiger partial charge in [-0.25, -0.2) is 4.68 Å². The van der Waals surface area contributed by atoms with Gasteiger partial charge in [0.2, 0.25) is 0 Å². The normalized spacial score (nSPS) is 16.0. The number of methoxy groups -OCH3 is 1. The summed E-state index contributed by atoms with van der Waals surface area (Å²) >= 11 is 12.2. The number of halogens is 2. The number of anilines is 2. The van der Waals surface area contributed by atoms with E-state index in [1.54, 1.807) is 25.3 Å². The maximum atomic E-state index is 12.8. The van der Waals surface area contributed by atoms with Crippen LogP contribution in [0.15, 0.2) is 42.5 Å². The highest BCUT2D eigenvalue weighted by atomic mass is 35.5. The number of hydrogen-bond donors (Lipinski definition) is 1. The minimum atomic E-state index is 0.0872. The number of ether oxygens (including phenoxy) is 1. The Hall–Kier alpha value is -2.50. The van der Waals surface area contributed by atoms with Gasteiger partial charge in [0, 0.05) is 22.2 Å². The van der Waals surface area contributed by atoms with Crippen molar-refractivity contribution >= 4 is 40.5 Å². The van der Waals surface area contributed by atoms with Crippen molar-refractivity contribution in [2.24, 2.45) is 5.92 Å². The maximum absolute atomic E-state index is 12.8. The van der Waals surface area contributed by atoms with Crippen LogP contribution < -0.4 is 10.1 Å². The topological polar surface area (TPSA) is 56.1 Å². The van der Waals surface area contributed by atoms with Gasteiger partial charge in [-0.1, -0.05) is 30.1 Å². The molecule has 0 amide bonds. The molecule has 1 aromatic heterocycles. The van der Waals surface area contributed by atoms with Gasteiger partial charge in [-0.3, -0.25) is 4.79 Å². The molecule has 5 nitrogen and oxygen atoms in total. The quantitative estimate of drug-likeness (QED) is 0.593. The summed E-state index contributed by atoms with van der Waals surface area (Å²) in [5.41, 5.74) is 3.09. The number of fused-ring (bicyclic) bond motifs is 1. The molecule has 0 saturated carbocycles. The average Bonchev–Trinajstić information content (AvgIpc) is 2.99. The van der Waals surface area contributed by atoms with E-state index in [1.165, 1.54) is 0 Å². The number of hydrogen-bond acceptors (Lipinski definition) is 4. The van der Waals surface area contributed by atoms with Crippen LogP contribution in [0.1, 0.15) is 29.4 Å². The smallest absolute Gasteiger partial charge is 0.168 e. The van der Waals surface area contributed by atoms with Crippen LogP contribution in [-0.2, 0) is 6.42 Å². The summed E-state index contributed by atoms with van der Waals surface area (Å²) in [7, 11) is 1.63. The van der Waals surface area contributed by atoms with Crippen molar-refractivity contribution in [2.45, 2.75) is 19.8 Å². The van der Waals surface area contributed by atoms with E-state index in [0.29, 0.717) is 33.5 Å². The molecule has 2 aromatic carbocycles. The van der Waals surface area contributed by atoms with E-state index in [0.717, 1.165) is 23.6 Å². The monoisotopic (exact) mass is 415 g/mol. The van der Waals surface area contributed by atoms with Gasteiger partial charge in [0.25, 0.3) is 0 Å². The number of benzene rings is 2. The number of carbonyl (C=O) groups excluding carboxylic acids is 1. The summed E-state index contributed by atoms with van der Waals surface area (Å²) in [6.07, 6.45) is 1.28. The Labute approximate surface area is 173 Å². The first-order valence-corrected chi connectivity index (χ1v) is 9.73. The molecule has 0 bridgehead atoms. The number of rotatable bonds is 4. The average molecular weight is 416 g/mol. The molecule has 1 aliphatic rings. The van der Waals surface area contributed by atoms with E-state index in [4.69, 9.17) is 33.0 Å². The van der Waals surface area contributed by atoms with Gasteiger partial charge in [-0.2, -0.15) is 0 Å². The lowest BCUT2D eigenvalue weighted by Gasteiger charge is -2.19. The first kappa shape index (κ1) is 18.8. The van der Waals surface area contributed by atoms with Gasteiger partial charge in [0.1, 0.15) is 5.75 Å². The summed E-state index contributed by atoms with van der Waals surface area (Å²) in [5, 5.41) is 8.96. The van der Waals surface area contributed by atoms with Crippen molar-refractivity contribution in [3.63, 3.8) is 0 Å². The van der Waals surface area contributed by atoms with Crippen molar-refractivity contribution in [1.82, 2.24) is 9.78 Å². The molecule has 1 atom stereocenters. The molecule has 0 radical (unpaired) electrons. The number of carbonyl (C=O) groups is 1. The third-order valence-electron chi connectivity index (χ3n) is 4.78. The Balaban J connectivity index is 1.81. The zero-order chi connectivity index (χ0) is 19.8. The molecule has 144 valence electrons. The van der Waals surface area contributed by atoms with Crippen LogP contribution in [0.3, 0.4) is 0 Å². The van der Waals surface area contributed by atoms with Gasteiger partial charge >= 0.3 is 0 Å². The largest absolute Gasteiger partial charge is 0.497 e. The van der Waals surface area contributed by atoms with E-state index in [-0.39, 0.29) is 11.7 Å². The maximum Gasteiger partial charge on any atom is 0.168 e. The molecule has 0 aliphatic heterocycles. The van der Waals surface area contributed by atoms with Crippen molar-refractivity contribution in [3.05, 3.63) is 63.8 Å². The lowest BCUT2D eigenvalue weighted by molar-refractivity contribution is 0.0953. The van der Waals surface area contributed by atoms with Crippen LogP contribution in [0.2, 0.25) is 10.0 Å². The van der Waals surface area contributed by atoms with E-state index < -0.39 is 0 Å². The molecule has 3 aromatic rings. The number of aromatic nitrogens is 2. The Kier molecular flexibility index (Phi) is 5.04. The molecule has 4 rings (SSSR count). The second kappa shape index (κ2) is 7.49. The Bertz CT molecular complexity index is 1020. The lowest BCUT2D eigenvalue weighted by atomic mass is 9.87. The SMILES string of the molecule is COc1ccc(-n2nc(Nc3cc(Cl)cc(Cl)c3)c3c2CC(C)CC3=O)cc1. The van der Waals surface area contributed by atoms with Gasteiger partial charge in [0.15, 0.2) is 11.6 Å². The molecule has 0 saturated heterocycles. The Morgan fingerprint density at radius 2 is 1.79 bits per heavy atom. The zero-order valence-electron chi connectivity index (χ0n) is 15.5. The van der Waals surface area contributed by atoms with Gasteiger partial charge in [-0.05, 0) is 54.8 Å². The summed E-state index contributed by atoms with van der Waals surface area (Å²) in [6, 6.07) is 12.8. The Morgan fingerprint density at radius 1 is 1.11 bits per heavy atom. The summed E-state index contributed by atoms with van der Waals surface area (Å²) in [5.74, 6) is 1.63. The highest BCUT2D eigenvalue weighted by Crippen LogP contribution is 2.35. The first-order valence-electron chi connectivity index (χ1n) is 8.97. The van der Waals surface area contributed by atoms with Crippen molar-refractivity contribution < 1.29 is 9.53 Å². The lowest BCUT2D eigenvalue weighted by Crippen LogP contribution is -2.19. The molecular weight excluding hydrogens is 397 g/mol. The molecule has 1 aliphatic carbocycles. The summed E-state index contributed by atoms with van der Waals surface area (Å²) < 4.78 is 7.07. The predicted octanol–water partition coefficient (Wildman–Crippen LogP) is 5.70. The fraction of sp³-hybridized carbons (Fsp3) is 0.238. The Morgan fingerprint density at radius 3 is 2.43 bits per heavy atom. The fourth-order valence-corrected chi connectivity index (χ4v) is 4.07. The van der Waals surface area contributed by atoms with Crippen LogP contribution in [0.25, 0.3) is 5.69 Å². The van der Waals surface area contributed by atoms with Crippen LogP contribution in [0.5, 0.6) is 5.75 Å². The van der Waals surface area contributed by atoms with Crippen molar-refractivity contribution in [1.29, 1.82) is 0 Å². The highest BCUT2D eigenvalue weighted by molar-refractivity contribution is 6.35. The molecule has 1 unspecified atom stereocenters. The number of nitrogens with zero attached hydrogens (tertiary/aromatic N) is 2. The zero-order valence-corrected chi connectivity index (χ0v) is 17.0. The van der Waals surface area contributed by atoms with E-state index in [9.17, 15) is 4.79 Å². The van der Waals surface area contributed by atoms with E-state index >= 15 is 0 Å². The van der Waals surface area contributed by atoms with Gasteiger partial charge in [0.05, 0.1) is 24.1 Å². The van der Waals surface area contributed by atoms with E-state index in [2.05, 4.69) is 12.2 Å². The standard InChI is InChI=1S/C21H19Cl2N3O2/c1-12-7-18-20(19(27)8-12)21(24-15-10-13(22)9-14(23)11-15)25-26(18)16-3-5-17(28-2)6-4-16/h3-6,9-12H,7-8H2,1-2H3,(H,24,25). The van der Waals surface area contributed by atoms with E-state index in [1.807, 2.05) is 28.9 Å². The number of ketones is 1. The van der Waals surface area contributed by atoms with Crippen LogP contribution in [-0.4, -0.2) is 22.7 Å². The first-order chi connectivity index (χ1) is 13.4. The number of Topliss-reactive ketones (excluding diaryl/α,β-unsaturated/α-hetero) is 1. The van der Waals surface area contributed by atoms with Crippen LogP contribution in [0, 0.1) is 5.92 Å². The molecule has 28 heavy (non-hydrogen) atoms. The molecule has 7 heteroatoms. The molecule has 0 fully saturated rings. The molecular formula is C21H19Cl2N3O2. The minimum absolute atomic E-state index is 0.0872. The van der Waals surface area contributed by atoms with Gasteiger partial charge < -0.3 is 10.1 Å². The fourth-order valence-electron chi connectivity index (χ4n) is 3.54. The highest BCUT2D eigenvalue weighted by Gasteiger charge is 2.31. The summed E-state index contributed by atoms with van der Waals surface area (Å²) in [4.78, 5) is 12.8. The van der Waals surface area contributed by atoms with Crippen molar-refractivity contribution in [3.8, 4) is 11.4 Å². The molecule has 0 spiro atoms.